The SMILES string of the molecule is CC(C)(C)OC(=O)N1C[C@H]2CC[C@@H](C1)N2c1nc(OCC2(CN3CCOCC3)CC2)c(C#N)c2c1CCN(Cc1ccccc1)C2. The van der Waals surface area contributed by atoms with Crippen LogP contribution in [0.3, 0.4) is 0 Å². The van der Waals surface area contributed by atoms with E-state index < -0.39 is 5.60 Å². The van der Waals surface area contributed by atoms with Crippen LogP contribution in [0.25, 0.3) is 0 Å². The van der Waals surface area contributed by atoms with E-state index in [0.717, 1.165) is 89.4 Å². The number of pyridine rings is 1. The van der Waals surface area contributed by atoms with Crippen molar-refractivity contribution in [1.29, 1.82) is 5.26 Å². The van der Waals surface area contributed by atoms with Gasteiger partial charge in [0.15, 0.2) is 0 Å². The lowest BCUT2D eigenvalue weighted by molar-refractivity contribution is 0.0209. The Kier molecular flexibility index (Phi) is 8.60. The standard InChI is InChI=1S/C36H48N6O4/c1-35(2,3)46-34(43)41-21-27-9-10-28(22-41)42(27)32-29-11-14-40(20-26-7-5-4-6-8-26)23-31(29)30(19-37)33(38-32)45-25-36(12-13-36)24-39-15-17-44-18-16-39/h4-8,27-28H,9-18,20-25H2,1-3H3/t27-,28+. The molecule has 4 aliphatic heterocycles. The van der Waals surface area contributed by atoms with Crippen molar-refractivity contribution in [3.05, 3.63) is 52.6 Å². The van der Waals surface area contributed by atoms with Crippen molar-refractivity contribution in [2.75, 3.05) is 64.0 Å². The van der Waals surface area contributed by atoms with Gasteiger partial charge in [-0.25, -0.2) is 4.79 Å². The molecule has 46 heavy (non-hydrogen) atoms. The fourth-order valence-electron chi connectivity index (χ4n) is 7.76. The van der Waals surface area contributed by atoms with Gasteiger partial charge in [-0.2, -0.15) is 10.2 Å². The second kappa shape index (κ2) is 12.7. The van der Waals surface area contributed by atoms with Crippen molar-refractivity contribution >= 4 is 11.9 Å². The number of nitrogens with zero attached hydrogens (tertiary/aromatic N) is 6. The first kappa shape index (κ1) is 31.2. The molecule has 3 saturated heterocycles. The minimum absolute atomic E-state index is 0.110. The molecule has 1 saturated carbocycles. The lowest BCUT2D eigenvalue weighted by Gasteiger charge is -2.43. The van der Waals surface area contributed by atoms with Crippen molar-refractivity contribution in [3.8, 4) is 11.9 Å². The number of amides is 1. The first-order valence-corrected chi connectivity index (χ1v) is 17.1. The van der Waals surface area contributed by atoms with Gasteiger partial charge in [-0.15, -0.1) is 0 Å². The molecular formula is C36H48N6O4. The summed E-state index contributed by atoms with van der Waals surface area (Å²) in [7, 11) is 0. The van der Waals surface area contributed by atoms with Gasteiger partial charge >= 0.3 is 6.09 Å². The lowest BCUT2D eigenvalue weighted by Crippen LogP contribution is -2.56. The molecule has 2 aromatic rings. The fraction of sp³-hybridized carbons (Fsp3) is 0.639. The normalized spacial score (nSPS) is 24.3. The highest BCUT2D eigenvalue weighted by atomic mass is 16.6. The van der Waals surface area contributed by atoms with Crippen LogP contribution < -0.4 is 9.64 Å². The van der Waals surface area contributed by atoms with E-state index in [2.05, 4.69) is 45.0 Å². The average molecular weight is 629 g/mol. The number of aromatic nitrogens is 1. The zero-order valence-electron chi connectivity index (χ0n) is 27.7. The summed E-state index contributed by atoms with van der Waals surface area (Å²) >= 11 is 0. The molecule has 2 bridgehead atoms. The molecule has 1 aromatic carbocycles. The molecule has 5 heterocycles. The Morgan fingerprint density at radius 2 is 1.76 bits per heavy atom. The number of carbonyl (C=O) groups excluding carboxylic acids is 1. The summed E-state index contributed by atoms with van der Waals surface area (Å²) < 4.78 is 18.0. The number of piperazine rings is 1. The van der Waals surface area contributed by atoms with Crippen molar-refractivity contribution in [2.24, 2.45) is 5.41 Å². The Hall–Kier alpha value is -3.39. The van der Waals surface area contributed by atoms with E-state index in [0.29, 0.717) is 37.7 Å². The van der Waals surface area contributed by atoms with Gasteiger partial charge in [-0.1, -0.05) is 30.3 Å². The number of benzene rings is 1. The maximum atomic E-state index is 13.1. The molecule has 1 aromatic heterocycles. The topological polar surface area (TPSA) is 94.4 Å². The Morgan fingerprint density at radius 3 is 2.41 bits per heavy atom. The maximum absolute atomic E-state index is 13.1. The zero-order valence-corrected chi connectivity index (χ0v) is 27.7. The van der Waals surface area contributed by atoms with E-state index in [4.69, 9.17) is 19.2 Å². The number of hydrogen-bond acceptors (Lipinski definition) is 9. The number of fused-ring (bicyclic) bond motifs is 3. The smallest absolute Gasteiger partial charge is 0.410 e. The van der Waals surface area contributed by atoms with E-state index in [9.17, 15) is 10.1 Å². The van der Waals surface area contributed by atoms with Gasteiger partial charge in [0.2, 0.25) is 5.88 Å². The van der Waals surface area contributed by atoms with Gasteiger partial charge in [-0.05, 0) is 64.0 Å². The predicted octanol–water partition coefficient (Wildman–Crippen LogP) is 4.59. The van der Waals surface area contributed by atoms with Gasteiger partial charge in [-0.3, -0.25) is 9.80 Å². The predicted molar refractivity (Wildman–Crippen MR) is 175 cm³/mol. The Labute approximate surface area is 273 Å². The molecule has 5 aliphatic rings. The summed E-state index contributed by atoms with van der Waals surface area (Å²) in [4.78, 5) is 27.5. The third kappa shape index (κ3) is 6.69. The van der Waals surface area contributed by atoms with Crippen LogP contribution in [0.15, 0.2) is 30.3 Å². The van der Waals surface area contributed by atoms with Crippen LogP contribution in [0.1, 0.15) is 68.7 Å². The fourth-order valence-corrected chi connectivity index (χ4v) is 7.76. The molecule has 1 aliphatic carbocycles. The summed E-state index contributed by atoms with van der Waals surface area (Å²) in [6, 6.07) is 13.4. The molecule has 0 radical (unpaired) electrons. The zero-order chi connectivity index (χ0) is 31.9. The number of carbonyl (C=O) groups is 1. The Morgan fingerprint density at radius 1 is 1.04 bits per heavy atom. The second-order valence-electron chi connectivity index (χ2n) is 15.0. The highest BCUT2D eigenvalue weighted by Crippen LogP contribution is 2.47. The quantitative estimate of drug-likeness (QED) is 0.416. The molecule has 0 N–H and O–H groups in total. The molecule has 0 spiro atoms. The number of nitriles is 1. The van der Waals surface area contributed by atoms with E-state index >= 15 is 0 Å². The van der Waals surface area contributed by atoms with Crippen molar-refractivity contribution in [3.63, 3.8) is 0 Å². The van der Waals surface area contributed by atoms with Crippen molar-refractivity contribution < 1.29 is 19.0 Å². The maximum Gasteiger partial charge on any atom is 0.410 e. The summed E-state index contributed by atoms with van der Waals surface area (Å²) in [5, 5.41) is 10.6. The van der Waals surface area contributed by atoms with Crippen LogP contribution in [0, 0.1) is 16.7 Å². The molecule has 2 atom stereocenters. The van der Waals surface area contributed by atoms with Crippen LogP contribution in [-0.4, -0.2) is 103 Å². The van der Waals surface area contributed by atoms with Gasteiger partial charge in [0, 0.05) is 75.4 Å². The molecule has 1 amide bonds. The molecular weight excluding hydrogens is 580 g/mol. The Balaban J connectivity index is 1.17. The molecule has 10 nitrogen and oxygen atoms in total. The van der Waals surface area contributed by atoms with E-state index in [1.807, 2.05) is 31.7 Å². The minimum Gasteiger partial charge on any atom is -0.476 e. The number of rotatable bonds is 8. The van der Waals surface area contributed by atoms with Gasteiger partial charge in [0.05, 0.1) is 19.8 Å². The van der Waals surface area contributed by atoms with Crippen LogP contribution in [0.4, 0.5) is 10.6 Å². The van der Waals surface area contributed by atoms with Gasteiger partial charge in [0.1, 0.15) is 23.1 Å². The van der Waals surface area contributed by atoms with E-state index in [-0.39, 0.29) is 23.6 Å². The monoisotopic (exact) mass is 628 g/mol. The molecule has 246 valence electrons. The third-order valence-corrected chi connectivity index (χ3v) is 10.3. The summed E-state index contributed by atoms with van der Waals surface area (Å²) in [5.74, 6) is 1.43. The number of hydrogen-bond donors (Lipinski definition) is 0. The summed E-state index contributed by atoms with van der Waals surface area (Å²) in [6.07, 6.45) is 4.84. The summed E-state index contributed by atoms with van der Waals surface area (Å²) in [5.41, 5.74) is 3.66. The van der Waals surface area contributed by atoms with Gasteiger partial charge in [0.25, 0.3) is 0 Å². The highest BCUT2D eigenvalue weighted by Gasteiger charge is 2.47. The number of morpholine rings is 1. The van der Waals surface area contributed by atoms with E-state index in [1.54, 1.807) is 0 Å². The number of likely N-dealkylation sites (tertiary alicyclic amines) is 1. The van der Waals surface area contributed by atoms with Gasteiger partial charge < -0.3 is 24.0 Å². The van der Waals surface area contributed by atoms with Crippen LogP contribution in [0.5, 0.6) is 5.88 Å². The first-order chi connectivity index (χ1) is 22.2. The molecule has 7 rings (SSSR count). The number of anilines is 1. The second-order valence-corrected chi connectivity index (χ2v) is 15.0. The van der Waals surface area contributed by atoms with Crippen molar-refractivity contribution in [2.45, 2.75) is 83.6 Å². The lowest BCUT2D eigenvalue weighted by atomic mass is 9.94. The van der Waals surface area contributed by atoms with Crippen LogP contribution in [-0.2, 0) is 29.0 Å². The third-order valence-electron chi connectivity index (χ3n) is 10.3. The first-order valence-electron chi connectivity index (χ1n) is 17.1. The average Bonchev–Trinajstić information content (AvgIpc) is 3.75. The number of ether oxygens (including phenoxy) is 3. The summed E-state index contributed by atoms with van der Waals surface area (Å²) in [6.45, 7) is 14.4. The van der Waals surface area contributed by atoms with E-state index in [1.165, 1.54) is 11.1 Å². The van der Waals surface area contributed by atoms with Crippen LogP contribution in [0.2, 0.25) is 0 Å². The minimum atomic E-state index is -0.528. The highest BCUT2D eigenvalue weighted by molar-refractivity contribution is 5.70. The molecule has 4 fully saturated rings. The van der Waals surface area contributed by atoms with Crippen LogP contribution >= 0.6 is 0 Å². The van der Waals surface area contributed by atoms with Crippen molar-refractivity contribution in [1.82, 2.24) is 19.7 Å². The molecule has 10 heteroatoms. The largest absolute Gasteiger partial charge is 0.476 e. The molecule has 0 unspecified atom stereocenters. The Bertz CT molecular complexity index is 1450.